The maximum Gasteiger partial charge on any atom is 0.133 e. The van der Waals surface area contributed by atoms with E-state index in [1.807, 2.05) is 12.4 Å². The number of phenols is 2. The fourth-order valence-electron chi connectivity index (χ4n) is 11.7. The Bertz CT molecular complexity index is 1740. The second-order valence-electron chi connectivity index (χ2n) is 24.0. The van der Waals surface area contributed by atoms with Crippen molar-refractivity contribution in [1.29, 1.82) is 0 Å². The number of aliphatic imine (C=N–C) groups is 2. The van der Waals surface area contributed by atoms with E-state index in [1.54, 1.807) is 0 Å². The van der Waals surface area contributed by atoms with E-state index in [4.69, 9.17) is 9.98 Å². The Morgan fingerprint density at radius 3 is 1.08 bits per heavy atom. The molecule has 0 amide bonds. The minimum absolute atomic E-state index is 0.0255. The molecule has 2 saturated heterocycles. The van der Waals surface area contributed by atoms with Gasteiger partial charge in [-0.1, -0.05) is 108 Å². The maximum absolute atomic E-state index is 12.2. The van der Waals surface area contributed by atoms with Crippen LogP contribution in [-0.2, 0) is 23.9 Å². The van der Waals surface area contributed by atoms with Crippen LogP contribution in [0.3, 0.4) is 0 Å². The van der Waals surface area contributed by atoms with Crippen LogP contribution in [-0.4, -0.2) is 144 Å². The molecule has 2 aromatic carbocycles. The summed E-state index contributed by atoms with van der Waals surface area (Å²) < 4.78 is 4.63. The van der Waals surface area contributed by atoms with Gasteiger partial charge < -0.3 is 28.1 Å². The van der Waals surface area contributed by atoms with E-state index in [9.17, 15) is 10.2 Å². The molecular formula is C58H102N6O2+4. The first-order valence-corrected chi connectivity index (χ1v) is 27.5. The summed E-state index contributed by atoms with van der Waals surface area (Å²) >= 11 is 0. The van der Waals surface area contributed by atoms with E-state index in [1.165, 1.54) is 163 Å². The lowest BCUT2D eigenvalue weighted by atomic mass is 9.84. The summed E-state index contributed by atoms with van der Waals surface area (Å²) in [5.74, 6) is 0.823. The van der Waals surface area contributed by atoms with E-state index in [0.29, 0.717) is 11.5 Å². The van der Waals surface area contributed by atoms with Gasteiger partial charge in [0.2, 0.25) is 0 Å². The molecule has 0 spiro atoms. The standard InChI is InChI=1S/C58H100N6O2/c1-13-19-27-61(17-5)31-35-63(36-32-61,29-21-15-3)45-49-41-51(57(7,8)9)39-47(55(49)65)43-59-53-25-23-24-26-54(53)60-44-48-40-52(58(10,11)12)42-50(56(48)66)46-64(30-22-16-4)37-33-62(18-6,34-38-64)28-20-14-2/h39-44,53-54H,13-38,45-46H2,1-12H3/q+2/p+2/t53-,54?,61?,62?,63?,64?/m1/s1. The average Bonchev–Trinajstić information content (AvgIpc) is 3.30. The zero-order chi connectivity index (χ0) is 48.2. The number of unbranched alkanes of at least 4 members (excludes halogenated alkanes) is 4. The molecule has 0 aromatic heterocycles. The molecule has 8 nitrogen and oxygen atoms in total. The highest BCUT2D eigenvalue weighted by atomic mass is 16.3. The Balaban J connectivity index is 1.43. The van der Waals surface area contributed by atoms with Gasteiger partial charge >= 0.3 is 0 Å². The molecule has 1 unspecified atom stereocenters. The number of benzene rings is 2. The molecule has 372 valence electrons. The fourth-order valence-corrected chi connectivity index (χ4v) is 11.7. The third-order valence-corrected chi connectivity index (χ3v) is 17.2. The molecular weight excluding hydrogens is 813 g/mol. The highest BCUT2D eigenvalue weighted by molar-refractivity contribution is 5.86. The lowest BCUT2D eigenvalue weighted by Crippen LogP contribution is -2.66. The fraction of sp³-hybridized carbons (Fsp3) is 0.759. The number of phenolic OH excluding ortho intramolecular Hbond substituents is 2. The van der Waals surface area contributed by atoms with Crippen molar-refractivity contribution in [3.8, 4) is 11.5 Å². The van der Waals surface area contributed by atoms with Crippen LogP contribution in [0.4, 0.5) is 0 Å². The number of aromatic hydroxyl groups is 2. The van der Waals surface area contributed by atoms with E-state index < -0.39 is 0 Å². The molecule has 2 heterocycles. The Morgan fingerprint density at radius 1 is 0.485 bits per heavy atom. The van der Waals surface area contributed by atoms with Crippen LogP contribution >= 0.6 is 0 Å². The first-order valence-electron chi connectivity index (χ1n) is 27.5. The number of rotatable bonds is 22. The molecule has 2 atom stereocenters. The molecule has 0 radical (unpaired) electrons. The number of quaternary nitrogens is 4. The topological polar surface area (TPSA) is 65.2 Å². The summed E-state index contributed by atoms with van der Waals surface area (Å²) in [5.41, 5.74) is 6.25. The van der Waals surface area contributed by atoms with Crippen molar-refractivity contribution >= 4 is 12.4 Å². The van der Waals surface area contributed by atoms with E-state index in [0.717, 1.165) is 70.0 Å². The summed E-state index contributed by atoms with van der Waals surface area (Å²) in [6, 6.07) is 9.08. The molecule has 2 aliphatic heterocycles. The van der Waals surface area contributed by atoms with Crippen LogP contribution in [0.1, 0.15) is 194 Å². The Labute approximate surface area is 406 Å². The Morgan fingerprint density at radius 2 is 0.788 bits per heavy atom. The van der Waals surface area contributed by atoms with Crippen molar-refractivity contribution in [3.05, 3.63) is 57.6 Å². The van der Waals surface area contributed by atoms with Gasteiger partial charge in [0.05, 0.1) is 51.4 Å². The van der Waals surface area contributed by atoms with Gasteiger partial charge in [-0.25, -0.2) is 0 Å². The molecule has 2 N–H and O–H groups in total. The second kappa shape index (κ2) is 23.7. The summed E-state index contributed by atoms with van der Waals surface area (Å²) in [6.07, 6.45) is 18.1. The van der Waals surface area contributed by atoms with Crippen molar-refractivity contribution in [3.63, 3.8) is 0 Å². The second-order valence-corrected chi connectivity index (χ2v) is 24.0. The molecule has 0 bridgehead atoms. The van der Waals surface area contributed by atoms with Crippen molar-refractivity contribution < 1.29 is 28.1 Å². The first kappa shape index (κ1) is 54.2. The monoisotopic (exact) mass is 915 g/mol. The molecule has 1 aliphatic carbocycles. The number of piperazine rings is 2. The normalized spacial score (nSPS) is 27.9. The van der Waals surface area contributed by atoms with Gasteiger partial charge in [-0.3, -0.25) is 9.98 Å². The molecule has 3 fully saturated rings. The van der Waals surface area contributed by atoms with Gasteiger partial charge in [-0.15, -0.1) is 0 Å². The molecule has 2 aromatic rings. The van der Waals surface area contributed by atoms with Crippen molar-refractivity contribution in [2.75, 3.05) is 91.6 Å². The van der Waals surface area contributed by atoms with Gasteiger partial charge in [-0.2, -0.15) is 0 Å². The van der Waals surface area contributed by atoms with Crippen LogP contribution in [0.15, 0.2) is 34.3 Å². The van der Waals surface area contributed by atoms with Crippen LogP contribution in [0.5, 0.6) is 11.5 Å². The van der Waals surface area contributed by atoms with Crippen LogP contribution in [0.2, 0.25) is 0 Å². The predicted octanol–water partition coefficient (Wildman–Crippen LogP) is 12.1. The van der Waals surface area contributed by atoms with Gasteiger partial charge in [0.15, 0.2) is 0 Å². The SMILES string of the molecule is CCCC[N+]1(CC)CC[N+](CCCC)(Cc2cc(C(C)(C)C)cc(C=NC3CCCC[C@H]3N=Cc3cc(C(C)(C)C)cc(C[N+]4(CCCC)CC[N+](CC)(CCCC)CC4)c3O)c2O)CC1. The molecule has 5 rings (SSSR count). The number of likely N-dealkylation sites (N-methyl/N-ethyl adjacent to an activating group) is 2. The van der Waals surface area contributed by atoms with Crippen LogP contribution in [0, 0.1) is 0 Å². The van der Waals surface area contributed by atoms with Crippen LogP contribution < -0.4 is 0 Å². The lowest BCUT2D eigenvalue weighted by Gasteiger charge is -2.50. The third-order valence-electron chi connectivity index (χ3n) is 17.2. The number of hydrogen-bond donors (Lipinski definition) is 2. The Kier molecular flexibility index (Phi) is 19.4. The largest absolute Gasteiger partial charge is 0.507 e. The van der Waals surface area contributed by atoms with Gasteiger partial charge in [-0.05, 0) is 98.6 Å². The maximum atomic E-state index is 12.2. The summed E-state index contributed by atoms with van der Waals surface area (Å²) in [7, 11) is 0. The van der Waals surface area contributed by atoms with E-state index in [-0.39, 0.29) is 22.9 Å². The van der Waals surface area contributed by atoms with Crippen molar-refractivity contribution in [1.82, 2.24) is 0 Å². The molecule has 8 heteroatoms. The highest BCUT2D eigenvalue weighted by Crippen LogP contribution is 2.37. The smallest absolute Gasteiger partial charge is 0.133 e. The van der Waals surface area contributed by atoms with Crippen LogP contribution in [0.25, 0.3) is 0 Å². The lowest BCUT2D eigenvalue weighted by molar-refractivity contribution is -1.04. The van der Waals surface area contributed by atoms with Gasteiger partial charge in [0.1, 0.15) is 76.9 Å². The first-order chi connectivity index (χ1) is 31.3. The van der Waals surface area contributed by atoms with Crippen molar-refractivity contribution in [2.24, 2.45) is 9.98 Å². The number of hydrogen-bond acceptors (Lipinski definition) is 4. The predicted molar refractivity (Wildman–Crippen MR) is 282 cm³/mol. The molecule has 66 heavy (non-hydrogen) atoms. The zero-order valence-electron chi connectivity index (χ0n) is 45.0. The highest BCUT2D eigenvalue weighted by Gasteiger charge is 2.43. The third kappa shape index (κ3) is 13.9. The van der Waals surface area contributed by atoms with Crippen molar-refractivity contribution in [2.45, 2.75) is 196 Å². The summed E-state index contributed by atoms with van der Waals surface area (Å²) in [5, 5.41) is 24.4. The molecule has 3 aliphatic rings. The minimum atomic E-state index is -0.0603. The number of nitrogens with zero attached hydrogens (tertiary/aromatic N) is 6. The van der Waals surface area contributed by atoms with E-state index >= 15 is 0 Å². The minimum Gasteiger partial charge on any atom is -0.507 e. The zero-order valence-corrected chi connectivity index (χ0v) is 45.0. The average molecular weight is 915 g/mol. The van der Waals surface area contributed by atoms with Gasteiger partial charge in [0, 0.05) is 34.7 Å². The summed E-state index contributed by atoms with van der Waals surface area (Å²) in [4.78, 5) is 10.6. The van der Waals surface area contributed by atoms with E-state index in [2.05, 4.69) is 107 Å². The molecule has 1 saturated carbocycles. The van der Waals surface area contributed by atoms with Gasteiger partial charge in [0.25, 0.3) is 0 Å². The quantitative estimate of drug-likeness (QED) is 0.0913. The Hall–Kier alpha value is -2.78. The summed E-state index contributed by atoms with van der Waals surface area (Å²) in [6.45, 7) is 46.5.